The monoisotopic (exact) mass is 238 g/mol. The van der Waals surface area contributed by atoms with Gasteiger partial charge < -0.3 is 15.3 Å². The Morgan fingerprint density at radius 2 is 1.87 bits per heavy atom. The molecule has 2 atom stereocenters. The third-order valence-electron chi connectivity index (χ3n) is 1.91. The van der Waals surface area contributed by atoms with Crippen LogP contribution < -0.4 is 0 Å². The summed E-state index contributed by atoms with van der Waals surface area (Å²) in [5.41, 5.74) is -0.866. The van der Waals surface area contributed by atoms with Crippen LogP contribution in [0, 0.1) is 5.92 Å². The molecule has 0 aliphatic rings. The fourth-order valence-electron chi connectivity index (χ4n) is 0.953. The molecule has 0 aliphatic carbocycles. The van der Waals surface area contributed by atoms with Crippen molar-refractivity contribution < 1.29 is 20.1 Å². The van der Waals surface area contributed by atoms with Crippen molar-refractivity contribution in [3.8, 4) is 0 Å². The van der Waals surface area contributed by atoms with Gasteiger partial charge in [0.05, 0.1) is 12.5 Å². The van der Waals surface area contributed by atoms with E-state index in [-0.39, 0.29) is 12.5 Å². The first kappa shape index (κ1) is 17.1. The summed E-state index contributed by atoms with van der Waals surface area (Å²) in [6.45, 7) is 3.73. The lowest BCUT2D eigenvalue weighted by molar-refractivity contribution is -0.142. The van der Waals surface area contributed by atoms with Crippen LogP contribution in [0.2, 0.25) is 0 Å². The van der Waals surface area contributed by atoms with Gasteiger partial charge in [0.2, 0.25) is 0 Å². The van der Waals surface area contributed by atoms with Gasteiger partial charge in [-0.05, 0) is 12.8 Å². The molecule has 0 aromatic carbocycles. The van der Waals surface area contributed by atoms with Crippen molar-refractivity contribution >= 4 is 18.6 Å². The second kappa shape index (κ2) is 11.8. The molecule has 0 saturated carbocycles. The highest BCUT2D eigenvalue weighted by Gasteiger charge is 2.12. The molecular weight excluding hydrogens is 216 g/mol. The molecule has 0 rings (SSSR count). The van der Waals surface area contributed by atoms with Crippen LogP contribution in [0.25, 0.3) is 0 Å². The molecule has 3 N–H and O–H groups in total. The molecule has 0 fully saturated rings. The van der Waals surface area contributed by atoms with Gasteiger partial charge in [-0.3, -0.25) is 4.79 Å². The molecule has 92 valence electrons. The van der Waals surface area contributed by atoms with Gasteiger partial charge >= 0.3 is 5.97 Å². The summed E-state index contributed by atoms with van der Waals surface area (Å²) in [5, 5.41) is 24.4. The largest absolute Gasteiger partial charge is 0.481 e. The van der Waals surface area contributed by atoms with Crippen molar-refractivity contribution in [1.29, 1.82) is 0 Å². The molecule has 0 saturated heterocycles. The average Bonchev–Trinajstić information content (AvgIpc) is 2.19. The number of hydrogen-bond acceptors (Lipinski definition) is 4. The Labute approximate surface area is 96.7 Å². The molecule has 0 heterocycles. The first-order valence-electron chi connectivity index (χ1n) is 5.19. The first-order valence-corrected chi connectivity index (χ1v) is 5.70. The number of aliphatic carboxylic acids is 1. The van der Waals surface area contributed by atoms with Crippen LogP contribution in [0.15, 0.2) is 0 Å². The van der Waals surface area contributed by atoms with Crippen molar-refractivity contribution in [2.24, 2.45) is 5.92 Å². The number of aliphatic hydroxyl groups excluding tert-OH is 2. The summed E-state index contributed by atoms with van der Waals surface area (Å²) in [6, 6.07) is 0. The molecule has 2 unspecified atom stereocenters. The van der Waals surface area contributed by atoms with E-state index in [9.17, 15) is 4.79 Å². The third kappa shape index (κ3) is 13.7. The Balaban J connectivity index is 0. The van der Waals surface area contributed by atoms with E-state index in [4.69, 9.17) is 15.3 Å². The Kier molecular flexibility index (Phi) is 13.5. The van der Waals surface area contributed by atoms with Gasteiger partial charge in [0, 0.05) is 0 Å². The van der Waals surface area contributed by atoms with Gasteiger partial charge in [0.15, 0.2) is 0 Å². The number of hydrogen-bond donors (Lipinski definition) is 4. The maximum Gasteiger partial charge on any atom is 0.306 e. The highest BCUT2D eigenvalue weighted by atomic mass is 32.1. The zero-order valence-electron chi connectivity index (χ0n) is 9.39. The van der Waals surface area contributed by atoms with E-state index >= 15 is 0 Å². The smallest absolute Gasteiger partial charge is 0.306 e. The van der Waals surface area contributed by atoms with Gasteiger partial charge in [0.1, 0.15) is 5.44 Å². The molecular formula is C10H22O4S. The lowest BCUT2D eigenvalue weighted by atomic mass is 10.00. The molecule has 0 aromatic rings. The van der Waals surface area contributed by atoms with Crippen molar-refractivity contribution in [1.82, 2.24) is 0 Å². The molecule has 15 heavy (non-hydrogen) atoms. The van der Waals surface area contributed by atoms with Crippen molar-refractivity contribution in [3.05, 3.63) is 0 Å². The lowest BCUT2D eigenvalue weighted by Gasteiger charge is -2.06. The maximum atomic E-state index is 10.4. The molecule has 0 radical (unpaired) electrons. The molecule has 5 heteroatoms. The van der Waals surface area contributed by atoms with Crippen molar-refractivity contribution in [2.75, 3.05) is 6.61 Å². The minimum absolute atomic E-state index is 0.111. The normalized spacial score (nSPS) is 13.7. The van der Waals surface area contributed by atoms with Crippen LogP contribution in [0.3, 0.4) is 0 Å². The van der Waals surface area contributed by atoms with Crippen LogP contribution in [0.4, 0.5) is 0 Å². The number of rotatable bonds is 6. The van der Waals surface area contributed by atoms with Crippen LogP contribution in [0.5, 0.6) is 0 Å². The number of unbranched alkanes of at least 4 members (excludes halogenated alkanes) is 1. The number of carboxylic acids is 1. The Bertz CT molecular complexity index is 150. The van der Waals surface area contributed by atoms with E-state index in [1.807, 2.05) is 6.92 Å². The second-order valence-electron chi connectivity index (χ2n) is 3.25. The second-order valence-corrected chi connectivity index (χ2v) is 3.84. The molecule has 0 bridgehead atoms. The zero-order valence-corrected chi connectivity index (χ0v) is 10.3. The van der Waals surface area contributed by atoms with E-state index in [1.165, 1.54) is 0 Å². The molecule has 0 aliphatic heterocycles. The minimum atomic E-state index is -0.866. The van der Waals surface area contributed by atoms with Crippen LogP contribution in [-0.2, 0) is 4.79 Å². The van der Waals surface area contributed by atoms with E-state index in [0.29, 0.717) is 0 Å². The van der Waals surface area contributed by atoms with Gasteiger partial charge in [-0.15, -0.1) is 12.6 Å². The van der Waals surface area contributed by atoms with E-state index < -0.39 is 11.4 Å². The summed E-state index contributed by atoms with van der Waals surface area (Å²) in [4.78, 5) is 10.4. The fourth-order valence-corrected chi connectivity index (χ4v) is 0.953. The summed E-state index contributed by atoms with van der Waals surface area (Å²) in [6.07, 6.45) is 3.71. The quantitative estimate of drug-likeness (QED) is 0.418. The van der Waals surface area contributed by atoms with E-state index in [0.717, 1.165) is 25.7 Å². The molecule has 0 spiro atoms. The summed E-state index contributed by atoms with van der Waals surface area (Å²) in [5.74, 6) is -0.754. The topological polar surface area (TPSA) is 77.8 Å². The number of aliphatic hydroxyl groups is 2. The third-order valence-corrected chi connectivity index (χ3v) is 2.07. The number of thiol groups is 1. The van der Waals surface area contributed by atoms with E-state index in [1.54, 1.807) is 0 Å². The van der Waals surface area contributed by atoms with Gasteiger partial charge in [-0.1, -0.05) is 26.7 Å². The minimum Gasteiger partial charge on any atom is -0.481 e. The molecule has 0 amide bonds. The number of carboxylic acid groups (broad SMARTS) is 1. The van der Waals surface area contributed by atoms with Crippen molar-refractivity contribution in [2.45, 2.75) is 45.0 Å². The predicted octanol–water partition coefficient (Wildman–Crippen LogP) is 1.51. The average molecular weight is 238 g/mol. The van der Waals surface area contributed by atoms with Crippen molar-refractivity contribution in [3.63, 3.8) is 0 Å². The Hall–Kier alpha value is -0.260. The highest BCUT2D eigenvalue weighted by molar-refractivity contribution is 7.80. The summed E-state index contributed by atoms with van der Waals surface area (Å²) >= 11 is 3.40. The maximum absolute atomic E-state index is 10.4. The van der Waals surface area contributed by atoms with Gasteiger partial charge in [-0.2, -0.15) is 0 Å². The van der Waals surface area contributed by atoms with E-state index in [2.05, 4.69) is 19.6 Å². The van der Waals surface area contributed by atoms with Gasteiger partial charge in [-0.25, -0.2) is 0 Å². The molecule has 4 nitrogen and oxygen atoms in total. The number of carbonyl (C=O) groups is 1. The summed E-state index contributed by atoms with van der Waals surface area (Å²) < 4.78 is 0. The predicted molar refractivity (Wildman–Crippen MR) is 63.0 cm³/mol. The lowest BCUT2D eigenvalue weighted by Crippen LogP contribution is -2.11. The van der Waals surface area contributed by atoms with Gasteiger partial charge in [0.25, 0.3) is 0 Å². The highest BCUT2D eigenvalue weighted by Crippen LogP contribution is 2.11. The van der Waals surface area contributed by atoms with Crippen LogP contribution in [0.1, 0.15) is 39.5 Å². The Morgan fingerprint density at radius 3 is 2.07 bits per heavy atom. The zero-order chi connectivity index (χ0) is 12.3. The van der Waals surface area contributed by atoms with Crippen LogP contribution in [-0.4, -0.2) is 33.3 Å². The fraction of sp³-hybridized carbons (Fsp3) is 0.900. The molecule has 0 aromatic heterocycles. The summed E-state index contributed by atoms with van der Waals surface area (Å²) in [7, 11) is 0. The Morgan fingerprint density at radius 1 is 1.40 bits per heavy atom. The standard InChI is InChI=1S/C8H16O2.C2H6O2S/c1-3-5-6-7(4-2)8(9)10;3-1-2(4)5/h7H,3-6H2,1-2H3,(H,9,10);2-5H,1H2. The van der Waals surface area contributed by atoms with Crippen LogP contribution >= 0.6 is 12.6 Å². The first-order chi connectivity index (χ1) is 6.99. The SMILES string of the molecule is CCCCC(CC)C(=O)O.OCC(O)S.